The normalized spacial score (nSPS) is 29.6. The fourth-order valence-corrected chi connectivity index (χ4v) is 3.66. The Morgan fingerprint density at radius 1 is 1.35 bits per heavy atom. The van der Waals surface area contributed by atoms with Crippen molar-refractivity contribution in [1.29, 1.82) is 0 Å². The van der Waals surface area contributed by atoms with Gasteiger partial charge in [0.1, 0.15) is 6.04 Å². The first kappa shape index (κ1) is 15.2. The van der Waals surface area contributed by atoms with Crippen LogP contribution in [0.1, 0.15) is 51.9 Å². The number of carboxylic acid groups (broad SMARTS) is 1. The van der Waals surface area contributed by atoms with Crippen molar-refractivity contribution in [3.8, 4) is 0 Å². The SMILES string of the molecule is CCCC(C1CCC(=O)C(=O)C1)N1CCCC1C(=O)O. The summed E-state index contributed by atoms with van der Waals surface area (Å²) in [6.45, 7) is 2.87. The van der Waals surface area contributed by atoms with Crippen molar-refractivity contribution in [2.24, 2.45) is 5.92 Å². The second kappa shape index (κ2) is 6.48. The third kappa shape index (κ3) is 3.08. The van der Waals surface area contributed by atoms with Gasteiger partial charge in [0.15, 0.2) is 11.6 Å². The molecule has 2 fully saturated rings. The van der Waals surface area contributed by atoms with E-state index in [0.29, 0.717) is 19.3 Å². The molecule has 5 nitrogen and oxygen atoms in total. The number of hydrogen-bond acceptors (Lipinski definition) is 4. The zero-order valence-electron chi connectivity index (χ0n) is 12.0. The van der Waals surface area contributed by atoms with E-state index in [1.807, 2.05) is 0 Å². The van der Waals surface area contributed by atoms with Gasteiger partial charge < -0.3 is 5.11 Å². The number of ketones is 2. The summed E-state index contributed by atoms with van der Waals surface area (Å²) < 4.78 is 0. The minimum absolute atomic E-state index is 0.126. The van der Waals surface area contributed by atoms with E-state index in [0.717, 1.165) is 32.2 Å². The van der Waals surface area contributed by atoms with Gasteiger partial charge in [0, 0.05) is 18.9 Å². The Morgan fingerprint density at radius 3 is 2.70 bits per heavy atom. The first-order valence-corrected chi connectivity index (χ1v) is 7.59. The molecule has 2 aliphatic rings. The molecule has 3 unspecified atom stereocenters. The molecule has 0 spiro atoms. The highest BCUT2D eigenvalue weighted by Crippen LogP contribution is 2.33. The van der Waals surface area contributed by atoms with Crippen LogP contribution in [0.15, 0.2) is 0 Å². The summed E-state index contributed by atoms with van der Waals surface area (Å²) in [6, 6.07) is -0.292. The van der Waals surface area contributed by atoms with Crippen LogP contribution in [0, 0.1) is 5.92 Å². The topological polar surface area (TPSA) is 74.7 Å². The van der Waals surface area contributed by atoms with E-state index in [9.17, 15) is 19.5 Å². The van der Waals surface area contributed by atoms with E-state index >= 15 is 0 Å². The Labute approximate surface area is 119 Å². The van der Waals surface area contributed by atoms with E-state index < -0.39 is 12.0 Å². The van der Waals surface area contributed by atoms with Gasteiger partial charge in [-0.2, -0.15) is 0 Å². The van der Waals surface area contributed by atoms with Crippen LogP contribution in [0.2, 0.25) is 0 Å². The van der Waals surface area contributed by atoms with E-state index in [2.05, 4.69) is 11.8 Å². The number of hydrogen-bond donors (Lipinski definition) is 1. The van der Waals surface area contributed by atoms with Crippen molar-refractivity contribution in [2.45, 2.75) is 64.0 Å². The number of carboxylic acids is 1. The van der Waals surface area contributed by atoms with Crippen LogP contribution in [-0.2, 0) is 14.4 Å². The van der Waals surface area contributed by atoms with Crippen molar-refractivity contribution in [2.75, 3.05) is 6.54 Å². The first-order valence-electron chi connectivity index (χ1n) is 7.59. The van der Waals surface area contributed by atoms with Crippen LogP contribution < -0.4 is 0 Å². The molecular weight excluding hydrogens is 258 g/mol. The number of carbonyl (C=O) groups excluding carboxylic acids is 2. The second-order valence-corrected chi connectivity index (χ2v) is 5.94. The molecule has 1 saturated heterocycles. The van der Waals surface area contributed by atoms with Crippen molar-refractivity contribution in [1.82, 2.24) is 4.90 Å². The quantitative estimate of drug-likeness (QED) is 0.775. The van der Waals surface area contributed by atoms with E-state index in [1.54, 1.807) is 0 Å². The molecule has 0 amide bonds. The molecule has 0 aromatic carbocycles. The second-order valence-electron chi connectivity index (χ2n) is 5.94. The fourth-order valence-electron chi connectivity index (χ4n) is 3.66. The summed E-state index contributed by atoms with van der Waals surface area (Å²) in [6.07, 6.45) is 4.80. The highest BCUT2D eigenvalue weighted by atomic mass is 16.4. The van der Waals surface area contributed by atoms with Gasteiger partial charge in [-0.15, -0.1) is 0 Å². The number of likely N-dealkylation sites (tertiary alicyclic amines) is 1. The van der Waals surface area contributed by atoms with Crippen LogP contribution >= 0.6 is 0 Å². The molecular formula is C15H23NO4. The molecule has 20 heavy (non-hydrogen) atoms. The third-order valence-electron chi connectivity index (χ3n) is 4.63. The molecule has 1 heterocycles. The molecule has 0 bridgehead atoms. The van der Waals surface area contributed by atoms with Crippen LogP contribution in [0.5, 0.6) is 0 Å². The Hall–Kier alpha value is -1.23. The smallest absolute Gasteiger partial charge is 0.320 e. The molecule has 0 aromatic heterocycles. The Morgan fingerprint density at radius 2 is 2.10 bits per heavy atom. The molecule has 3 atom stereocenters. The number of Topliss-reactive ketones (excluding diaryl/α,β-unsaturated/α-hetero) is 2. The molecule has 0 radical (unpaired) electrons. The predicted octanol–water partition coefficient (Wildman–Crippen LogP) is 1.64. The van der Waals surface area contributed by atoms with Crippen LogP contribution in [0.4, 0.5) is 0 Å². The molecule has 1 aliphatic carbocycles. The Balaban J connectivity index is 2.12. The van der Waals surface area contributed by atoms with Crippen molar-refractivity contribution in [3.63, 3.8) is 0 Å². The maximum Gasteiger partial charge on any atom is 0.320 e. The highest BCUT2D eigenvalue weighted by molar-refractivity contribution is 6.37. The first-order chi connectivity index (χ1) is 9.54. The van der Waals surface area contributed by atoms with Gasteiger partial charge in [0.05, 0.1) is 0 Å². The number of aliphatic carboxylic acids is 1. The molecule has 112 valence electrons. The fraction of sp³-hybridized carbons (Fsp3) is 0.800. The molecule has 1 aliphatic heterocycles. The summed E-state index contributed by atoms with van der Waals surface area (Å²) in [5.41, 5.74) is 0. The van der Waals surface area contributed by atoms with Gasteiger partial charge in [-0.25, -0.2) is 0 Å². The van der Waals surface area contributed by atoms with Gasteiger partial charge in [0.25, 0.3) is 0 Å². The lowest BCUT2D eigenvalue weighted by molar-refractivity contribution is -0.144. The number of rotatable bonds is 5. The summed E-state index contributed by atoms with van der Waals surface area (Å²) in [5.74, 6) is -1.15. The largest absolute Gasteiger partial charge is 0.480 e. The summed E-state index contributed by atoms with van der Waals surface area (Å²) >= 11 is 0. The molecule has 2 rings (SSSR count). The van der Waals surface area contributed by atoms with E-state index in [-0.39, 0.29) is 23.5 Å². The minimum Gasteiger partial charge on any atom is -0.480 e. The maximum atomic E-state index is 11.7. The Bertz CT molecular complexity index is 407. The zero-order valence-corrected chi connectivity index (χ0v) is 12.0. The maximum absolute atomic E-state index is 11.7. The van der Waals surface area contributed by atoms with Gasteiger partial charge in [-0.3, -0.25) is 19.3 Å². The number of carbonyl (C=O) groups is 3. The Kier molecular flexibility index (Phi) is 4.91. The third-order valence-corrected chi connectivity index (χ3v) is 4.63. The zero-order chi connectivity index (χ0) is 14.7. The lowest BCUT2D eigenvalue weighted by atomic mass is 9.80. The molecule has 5 heteroatoms. The standard InChI is InChI=1S/C15H23NO4/c1-2-4-11(10-6-7-13(17)14(18)9-10)16-8-3-5-12(16)15(19)20/h10-12H,2-9H2,1H3,(H,19,20). The van der Waals surface area contributed by atoms with Crippen molar-refractivity contribution >= 4 is 17.5 Å². The molecule has 1 saturated carbocycles. The van der Waals surface area contributed by atoms with Crippen molar-refractivity contribution in [3.05, 3.63) is 0 Å². The highest BCUT2D eigenvalue weighted by Gasteiger charge is 2.40. The van der Waals surface area contributed by atoms with E-state index in [1.165, 1.54) is 0 Å². The average Bonchev–Trinajstić information content (AvgIpc) is 2.88. The van der Waals surface area contributed by atoms with Gasteiger partial charge in [-0.1, -0.05) is 13.3 Å². The molecule has 1 N–H and O–H groups in total. The summed E-state index contributed by atoms with van der Waals surface area (Å²) in [5, 5.41) is 9.33. The van der Waals surface area contributed by atoms with Crippen molar-refractivity contribution < 1.29 is 19.5 Å². The van der Waals surface area contributed by atoms with Crippen LogP contribution in [0.25, 0.3) is 0 Å². The summed E-state index contributed by atoms with van der Waals surface area (Å²) in [7, 11) is 0. The van der Waals surface area contributed by atoms with Gasteiger partial charge in [-0.05, 0) is 38.1 Å². The van der Waals surface area contributed by atoms with Gasteiger partial charge in [0.2, 0.25) is 0 Å². The lowest BCUT2D eigenvalue weighted by Gasteiger charge is -2.38. The minimum atomic E-state index is -0.762. The van der Waals surface area contributed by atoms with Gasteiger partial charge >= 0.3 is 5.97 Å². The van der Waals surface area contributed by atoms with Crippen LogP contribution in [-0.4, -0.2) is 46.2 Å². The molecule has 0 aromatic rings. The lowest BCUT2D eigenvalue weighted by Crippen LogP contribution is -2.48. The average molecular weight is 281 g/mol. The van der Waals surface area contributed by atoms with E-state index in [4.69, 9.17) is 0 Å². The predicted molar refractivity (Wildman–Crippen MR) is 73.4 cm³/mol. The van der Waals surface area contributed by atoms with Crippen LogP contribution in [0.3, 0.4) is 0 Å². The number of nitrogens with zero attached hydrogens (tertiary/aromatic N) is 1. The monoisotopic (exact) mass is 281 g/mol. The summed E-state index contributed by atoms with van der Waals surface area (Å²) in [4.78, 5) is 36.4.